The maximum atomic E-state index is 12.9. The van der Waals surface area contributed by atoms with Crippen LogP contribution in [-0.2, 0) is 0 Å². The molecule has 1 heterocycles. The topological polar surface area (TPSA) is 38.9 Å². The van der Waals surface area contributed by atoms with Crippen LogP contribution in [0.2, 0.25) is 0 Å². The third-order valence-corrected chi connectivity index (χ3v) is 1.98. The SMILES string of the molecule is Nc1ccccc1-c1cncc(F)c1. The molecular weight excluding hydrogens is 179 g/mol. The zero-order valence-electron chi connectivity index (χ0n) is 7.44. The van der Waals surface area contributed by atoms with Gasteiger partial charge in [0.2, 0.25) is 0 Å². The molecule has 2 aromatic rings. The molecule has 0 aliphatic carbocycles. The van der Waals surface area contributed by atoms with Crippen molar-refractivity contribution in [3.63, 3.8) is 0 Å². The second kappa shape index (κ2) is 3.46. The van der Waals surface area contributed by atoms with E-state index in [1.165, 1.54) is 12.3 Å². The van der Waals surface area contributed by atoms with Crippen LogP contribution in [0, 0.1) is 5.82 Å². The number of hydrogen-bond acceptors (Lipinski definition) is 2. The first-order valence-corrected chi connectivity index (χ1v) is 4.23. The summed E-state index contributed by atoms with van der Waals surface area (Å²) in [5.41, 5.74) is 7.88. The first kappa shape index (κ1) is 8.69. The predicted molar refractivity (Wildman–Crippen MR) is 54.0 cm³/mol. The molecule has 0 saturated carbocycles. The van der Waals surface area contributed by atoms with Crippen molar-refractivity contribution in [2.24, 2.45) is 0 Å². The third-order valence-electron chi connectivity index (χ3n) is 1.98. The van der Waals surface area contributed by atoms with Crippen molar-refractivity contribution < 1.29 is 4.39 Å². The number of anilines is 1. The minimum Gasteiger partial charge on any atom is -0.398 e. The lowest BCUT2D eigenvalue weighted by atomic mass is 10.1. The average Bonchev–Trinajstić information content (AvgIpc) is 2.18. The van der Waals surface area contributed by atoms with E-state index in [1.807, 2.05) is 18.2 Å². The fraction of sp³-hybridized carbons (Fsp3) is 0. The number of pyridine rings is 1. The van der Waals surface area contributed by atoms with E-state index in [0.717, 1.165) is 5.56 Å². The highest BCUT2D eigenvalue weighted by Gasteiger charge is 2.02. The number of rotatable bonds is 1. The molecule has 2 nitrogen and oxygen atoms in total. The smallest absolute Gasteiger partial charge is 0.142 e. The first-order chi connectivity index (χ1) is 6.77. The number of nitrogens with zero attached hydrogens (tertiary/aromatic N) is 1. The number of halogens is 1. The quantitative estimate of drug-likeness (QED) is 0.698. The van der Waals surface area contributed by atoms with Crippen LogP contribution >= 0.6 is 0 Å². The van der Waals surface area contributed by atoms with Crippen molar-refractivity contribution in [2.45, 2.75) is 0 Å². The van der Waals surface area contributed by atoms with Gasteiger partial charge in [0.15, 0.2) is 0 Å². The number of nitrogen functional groups attached to an aromatic ring is 1. The van der Waals surface area contributed by atoms with Gasteiger partial charge in [-0.25, -0.2) is 4.39 Å². The molecule has 0 bridgehead atoms. The number of hydrogen-bond donors (Lipinski definition) is 1. The molecule has 0 atom stereocenters. The molecular formula is C11H9FN2. The Labute approximate surface area is 81.2 Å². The number of aromatic nitrogens is 1. The van der Waals surface area contributed by atoms with E-state index in [-0.39, 0.29) is 5.82 Å². The molecule has 2 rings (SSSR count). The van der Waals surface area contributed by atoms with Gasteiger partial charge in [-0.05, 0) is 12.1 Å². The van der Waals surface area contributed by atoms with E-state index in [0.29, 0.717) is 11.3 Å². The highest BCUT2D eigenvalue weighted by atomic mass is 19.1. The van der Waals surface area contributed by atoms with Crippen LogP contribution in [0.1, 0.15) is 0 Å². The summed E-state index contributed by atoms with van der Waals surface area (Å²) in [6.45, 7) is 0. The van der Waals surface area contributed by atoms with Crippen LogP contribution in [0.15, 0.2) is 42.7 Å². The van der Waals surface area contributed by atoms with Gasteiger partial charge in [0.05, 0.1) is 6.20 Å². The van der Waals surface area contributed by atoms with Gasteiger partial charge in [0.25, 0.3) is 0 Å². The monoisotopic (exact) mass is 188 g/mol. The van der Waals surface area contributed by atoms with Crippen LogP contribution in [0.4, 0.5) is 10.1 Å². The molecule has 0 fully saturated rings. The first-order valence-electron chi connectivity index (χ1n) is 4.23. The summed E-state index contributed by atoms with van der Waals surface area (Å²) in [5.74, 6) is -0.356. The van der Waals surface area contributed by atoms with Crippen LogP contribution in [0.25, 0.3) is 11.1 Å². The van der Waals surface area contributed by atoms with Crippen LogP contribution in [-0.4, -0.2) is 4.98 Å². The van der Waals surface area contributed by atoms with Crippen LogP contribution in [0.5, 0.6) is 0 Å². The van der Waals surface area contributed by atoms with E-state index in [9.17, 15) is 4.39 Å². The van der Waals surface area contributed by atoms with Crippen molar-refractivity contribution >= 4 is 5.69 Å². The van der Waals surface area contributed by atoms with Gasteiger partial charge in [-0.15, -0.1) is 0 Å². The third kappa shape index (κ3) is 1.57. The zero-order valence-corrected chi connectivity index (χ0v) is 7.44. The van der Waals surface area contributed by atoms with Gasteiger partial charge in [0, 0.05) is 23.0 Å². The van der Waals surface area contributed by atoms with Gasteiger partial charge in [-0.3, -0.25) is 4.98 Å². The molecule has 70 valence electrons. The largest absolute Gasteiger partial charge is 0.398 e. The summed E-state index contributed by atoms with van der Waals surface area (Å²) in [7, 11) is 0. The minimum absolute atomic E-state index is 0.356. The molecule has 0 unspecified atom stereocenters. The van der Waals surface area contributed by atoms with Crippen molar-refractivity contribution in [1.29, 1.82) is 0 Å². The van der Waals surface area contributed by atoms with Crippen molar-refractivity contribution in [3.8, 4) is 11.1 Å². The molecule has 3 heteroatoms. The Bertz CT molecular complexity index is 455. The number of nitrogens with two attached hydrogens (primary N) is 1. The molecule has 0 aliphatic heterocycles. The Morgan fingerprint density at radius 2 is 1.93 bits per heavy atom. The van der Waals surface area contributed by atoms with E-state index in [4.69, 9.17) is 5.73 Å². The number of benzene rings is 1. The summed E-state index contributed by atoms with van der Waals surface area (Å²) < 4.78 is 12.9. The second-order valence-electron chi connectivity index (χ2n) is 2.98. The van der Waals surface area contributed by atoms with Crippen LogP contribution in [0.3, 0.4) is 0 Å². The Balaban J connectivity index is 2.55. The summed E-state index contributed by atoms with van der Waals surface area (Å²) in [6.07, 6.45) is 2.76. The zero-order chi connectivity index (χ0) is 9.97. The average molecular weight is 188 g/mol. The van der Waals surface area contributed by atoms with Crippen molar-refractivity contribution in [2.75, 3.05) is 5.73 Å². The molecule has 2 N–H and O–H groups in total. The van der Waals surface area contributed by atoms with E-state index in [1.54, 1.807) is 12.3 Å². The van der Waals surface area contributed by atoms with Gasteiger partial charge in [-0.2, -0.15) is 0 Å². The molecule has 0 spiro atoms. The van der Waals surface area contributed by atoms with Gasteiger partial charge >= 0.3 is 0 Å². The summed E-state index contributed by atoms with van der Waals surface area (Å²) in [4.78, 5) is 3.77. The lowest BCUT2D eigenvalue weighted by Crippen LogP contribution is -1.90. The number of para-hydroxylation sites is 1. The maximum Gasteiger partial charge on any atom is 0.142 e. The second-order valence-corrected chi connectivity index (χ2v) is 2.98. The lowest BCUT2D eigenvalue weighted by Gasteiger charge is -2.04. The van der Waals surface area contributed by atoms with Crippen LogP contribution < -0.4 is 5.73 Å². The molecule has 0 aliphatic rings. The predicted octanol–water partition coefficient (Wildman–Crippen LogP) is 2.47. The summed E-state index contributed by atoms with van der Waals surface area (Å²) in [6, 6.07) is 8.73. The minimum atomic E-state index is -0.356. The Kier molecular flexibility index (Phi) is 2.14. The standard InChI is InChI=1S/C11H9FN2/c12-9-5-8(6-14-7-9)10-3-1-2-4-11(10)13/h1-7H,13H2. The fourth-order valence-electron chi connectivity index (χ4n) is 1.32. The molecule has 1 aromatic carbocycles. The highest BCUT2D eigenvalue weighted by molar-refractivity contribution is 5.75. The van der Waals surface area contributed by atoms with Crippen molar-refractivity contribution in [3.05, 3.63) is 48.5 Å². The molecule has 1 aromatic heterocycles. The van der Waals surface area contributed by atoms with Gasteiger partial charge in [0.1, 0.15) is 5.82 Å². The normalized spacial score (nSPS) is 10.1. The van der Waals surface area contributed by atoms with E-state index in [2.05, 4.69) is 4.98 Å². The highest BCUT2D eigenvalue weighted by Crippen LogP contribution is 2.24. The van der Waals surface area contributed by atoms with E-state index < -0.39 is 0 Å². The molecule has 0 radical (unpaired) electrons. The molecule has 14 heavy (non-hydrogen) atoms. The van der Waals surface area contributed by atoms with E-state index >= 15 is 0 Å². The van der Waals surface area contributed by atoms with Crippen molar-refractivity contribution in [1.82, 2.24) is 4.98 Å². The van der Waals surface area contributed by atoms with Gasteiger partial charge < -0.3 is 5.73 Å². The Morgan fingerprint density at radius 1 is 1.14 bits per heavy atom. The Hall–Kier alpha value is -1.90. The molecule has 0 amide bonds. The summed E-state index contributed by atoms with van der Waals surface area (Å²) in [5, 5.41) is 0. The fourth-order valence-corrected chi connectivity index (χ4v) is 1.32. The maximum absolute atomic E-state index is 12.9. The summed E-state index contributed by atoms with van der Waals surface area (Å²) >= 11 is 0. The van der Waals surface area contributed by atoms with Gasteiger partial charge in [-0.1, -0.05) is 18.2 Å². The Morgan fingerprint density at radius 3 is 2.64 bits per heavy atom. The lowest BCUT2D eigenvalue weighted by molar-refractivity contribution is 0.622. The molecule has 0 saturated heterocycles.